The minimum absolute atomic E-state index is 0.0247. The van der Waals surface area contributed by atoms with E-state index in [-0.39, 0.29) is 17.1 Å². The summed E-state index contributed by atoms with van der Waals surface area (Å²) in [4.78, 5) is 12.8. The molecule has 31 heavy (non-hydrogen) atoms. The van der Waals surface area contributed by atoms with E-state index in [1.807, 2.05) is 19.1 Å². The van der Waals surface area contributed by atoms with Crippen molar-refractivity contribution in [3.8, 4) is 0 Å². The Hall–Kier alpha value is -0.760. The maximum absolute atomic E-state index is 12.8. The van der Waals surface area contributed by atoms with E-state index in [1.54, 1.807) is 20.8 Å². The van der Waals surface area contributed by atoms with E-state index in [1.165, 1.54) is 25.3 Å². The molecule has 3 rings (SSSR count). The fraction of sp³-hybridized carbons (Fsp3) is 0.680. The van der Waals surface area contributed by atoms with E-state index in [0.29, 0.717) is 12.3 Å². The fourth-order valence-corrected chi connectivity index (χ4v) is 14.3. The summed E-state index contributed by atoms with van der Waals surface area (Å²) >= 11 is -1.97. The summed E-state index contributed by atoms with van der Waals surface area (Å²) in [6.07, 6.45) is 6.88. The number of alkyl halides is 2. The Kier molecular flexibility index (Phi) is 7.72. The van der Waals surface area contributed by atoms with Crippen LogP contribution in [0.15, 0.2) is 24.3 Å². The second-order valence-corrected chi connectivity index (χ2v) is 22.5. The molecule has 0 bridgehead atoms. The number of carbonyl (C=O) groups is 1. The summed E-state index contributed by atoms with van der Waals surface area (Å²) in [7, 11) is -3.14. The zero-order valence-corrected chi connectivity index (χ0v) is 22.6. The van der Waals surface area contributed by atoms with Crippen molar-refractivity contribution in [1.29, 1.82) is 0 Å². The number of halogens is 1. The van der Waals surface area contributed by atoms with Crippen LogP contribution in [0.5, 0.6) is 0 Å². The number of sulfone groups is 1. The Bertz CT molecular complexity index is 913. The molecule has 6 heteroatoms. The molecule has 176 valence electrons. The third-order valence-corrected chi connectivity index (χ3v) is 19.1. The molecule has 0 radical (unpaired) electrons. The van der Waals surface area contributed by atoms with E-state index >= 15 is 0 Å². The molecule has 1 saturated heterocycles. The summed E-state index contributed by atoms with van der Waals surface area (Å²) < 4.78 is 33.3. The number of hydrogen-bond donors (Lipinski definition) is 1. The first-order valence-corrected chi connectivity index (χ1v) is 18.8. The standard InChI is InChI=1S/C25H40INO3S/c1-19(31(29,30)25(2,3)4)18-20-8-10-21(11-9-20)24(28)27-23-14-12-22(13-15-23)26(5)16-6-7-17-26/h12-15,19-21H,5-11,16-18H2,1-4H3,(H,27,28)/t19-,20?,21?/m1/s1. The summed E-state index contributed by atoms with van der Waals surface area (Å²) in [5.74, 6) is 0.519. The number of anilines is 1. The second kappa shape index (κ2) is 9.62. The molecular weight excluding hydrogens is 521 g/mol. The molecule has 1 amide bonds. The molecule has 0 aromatic heterocycles. The van der Waals surface area contributed by atoms with Gasteiger partial charge in [-0.1, -0.05) is 0 Å². The minimum atomic E-state index is -3.14. The second-order valence-electron chi connectivity index (χ2n) is 10.5. The number of hydrogen-bond acceptors (Lipinski definition) is 3. The van der Waals surface area contributed by atoms with Crippen LogP contribution in [0.25, 0.3) is 0 Å². The van der Waals surface area contributed by atoms with Gasteiger partial charge in [-0.3, -0.25) is 0 Å². The van der Waals surface area contributed by atoms with E-state index in [9.17, 15) is 13.2 Å². The quantitative estimate of drug-likeness (QED) is 0.350. The molecule has 1 aliphatic carbocycles. The molecule has 2 aliphatic rings. The van der Waals surface area contributed by atoms with Crippen LogP contribution in [-0.4, -0.2) is 37.7 Å². The summed E-state index contributed by atoms with van der Waals surface area (Å²) in [6, 6.07) is 8.48. The van der Waals surface area contributed by atoms with Gasteiger partial charge in [-0.15, -0.1) is 0 Å². The average molecular weight is 562 g/mol. The topological polar surface area (TPSA) is 63.2 Å². The molecule has 1 N–H and O–H groups in total. The van der Waals surface area contributed by atoms with Gasteiger partial charge in [0.2, 0.25) is 0 Å². The van der Waals surface area contributed by atoms with Gasteiger partial charge in [-0.25, -0.2) is 8.42 Å². The predicted molar refractivity (Wildman–Crippen MR) is 142 cm³/mol. The van der Waals surface area contributed by atoms with Crippen molar-refractivity contribution in [1.82, 2.24) is 0 Å². The van der Waals surface area contributed by atoms with Crippen molar-refractivity contribution in [3.63, 3.8) is 0 Å². The number of amides is 1. The van der Waals surface area contributed by atoms with Gasteiger partial charge in [0.05, 0.1) is 4.75 Å². The Balaban J connectivity index is 1.50. The first-order chi connectivity index (χ1) is 14.4. The summed E-state index contributed by atoms with van der Waals surface area (Å²) in [5.41, 5.74) is 0.878. The Labute approximate surface area is 192 Å². The molecule has 1 aromatic carbocycles. The third-order valence-electron chi connectivity index (χ3n) is 7.08. The first-order valence-electron chi connectivity index (χ1n) is 11.6. The summed E-state index contributed by atoms with van der Waals surface area (Å²) in [6.45, 7) is 7.18. The molecule has 2 fully saturated rings. The van der Waals surface area contributed by atoms with Gasteiger partial charge in [-0.2, -0.15) is 0 Å². The molecule has 4 nitrogen and oxygen atoms in total. The molecule has 1 saturated carbocycles. The van der Waals surface area contributed by atoms with Crippen LogP contribution in [0.1, 0.15) is 72.6 Å². The molecule has 0 spiro atoms. The van der Waals surface area contributed by atoms with Gasteiger partial charge in [0.15, 0.2) is 9.84 Å². The molecule has 1 aliphatic heterocycles. The van der Waals surface area contributed by atoms with Crippen LogP contribution in [0, 0.1) is 15.4 Å². The van der Waals surface area contributed by atoms with Gasteiger partial charge in [0, 0.05) is 0 Å². The molecule has 1 atom stereocenters. The van der Waals surface area contributed by atoms with Crippen molar-refractivity contribution in [2.75, 3.05) is 14.2 Å². The van der Waals surface area contributed by atoms with Crippen molar-refractivity contribution in [3.05, 3.63) is 27.8 Å². The van der Waals surface area contributed by atoms with Crippen LogP contribution in [0.4, 0.5) is 5.69 Å². The van der Waals surface area contributed by atoms with E-state index in [2.05, 4.69) is 22.0 Å². The van der Waals surface area contributed by atoms with Crippen molar-refractivity contribution < 1.29 is 13.2 Å². The number of nitrogens with one attached hydrogen (secondary N) is 1. The van der Waals surface area contributed by atoms with Gasteiger partial charge >= 0.3 is 143 Å². The Morgan fingerprint density at radius 1 is 1.10 bits per heavy atom. The normalized spacial score (nSPS) is 26.2. The number of carbonyl (C=O) groups excluding carboxylic acids is 1. The number of benzene rings is 1. The molecule has 0 unspecified atom stereocenters. The van der Waals surface area contributed by atoms with Crippen LogP contribution in [-0.2, 0) is 14.6 Å². The van der Waals surface area contributed by atoms with E-state index in [4.69, 9.17) is 0 Å². The fourth-order valence-electron chi connectivity index (χ4n) is 4.92. The van der Waals surface area contributed by atoms with Crippen molar-refractivity contribution in [2.45, 2.75) is 82.6 Å². The summed E-state index contributed by atoms with van der Waals surface area (Å²) in [5, 5.41) is 2.78. The van der Waals surface area contributed by atoms with E-state index in [0.717, 1.165) is 31.4 Å². The monoisotopic (exact) mass is 561 g/mol. The maximum atomic E-state index is 12.8. The Morgan fingerprint density at radius 2 is 1.65 bits per heavy atom. The molecular formula is C25H40INO3S. The van der Waals surface area contributed by atoms with Crippen LogP contribution in [0.3, 0.4) is 0 Å². The van der Waals surface area contributed by atoms with Crippen molar-refractivity contribution in [2.24, 2.45) is 11.8 Å². The third kappa shape index (κ3) is 5.79. The zero-order valence-electron chi connectivity index (χ0n) is 19.6. The van der Waals surface area contributed by atoms with Gasteiger partial charge in [0.25, 0.3) is 0 Å². The van der Waals surface area contributed by atoms with Crippen LogP contribution in [0.2, 0.25) is 0 Å². The Morgan fingerprint density at radius 3 is 2.16 bits per heavy atom. The van der Waals surface area contributed by atoms with E-state index < -0.39 is 32.5 Å². The first kappa shape index (κ1) is 24.9. The van der Waals surface area contributed by atoms with Gasteiger partial charge in [0.1, 0.15) is 0 Å². The van der Waals surface area contributed by atoms with Crippen LogP contribution >= 0.6 is 18.0 Å². The van der Waals surface area contributed by atoms with Gasteiger partial charge in [-0.05, 0) is 27.7 Å². The van der Waals surface area contributed by atoms with Crippen molar-refractivity contribution >= 4 is 43.9 Å². The number of rotatable bonds is 6. The SMILES string of the molecule is C=I1(c2ccc(NC(=O)C3CCC(C[C@@H](C)S(=O)(=O)C(C)(C)C)CC3)cc2)CCCC1. The average Bonchev–Trinajstić information content (AvgIpc) is 3.16. The molecule has 1 aromatic rings. The molecule has 1 heterocycles. The van der Waals surface area contributed by atoms with Crippen LogP contribution < -0.4 is 5.32 Å². The van der Waals surface area contributed by atoms with Gasteiger partial charge < -0.3 is 0 Å². The zero-order chi connectivity index (χ0) is 22.9. The predicted octanol–water partition coefficient (Wildman–Crippen LogP) is 5.86.